The molecule has 0 spiro atoms. The maximum atomic E-state index is 2.40. The molecule has 2 aromatic heterocycles. The molecule has 8 aromatic carbocycles. The van der Waals surface area contributed by atoms with Crippen molar-refractivity contribution in [2.45, 2.75) is 52.4 Å². The van der Waals surface area contributed by atoms with Crippen LogP contribution in [0, 0.1) is 0 Å². The van der Waals surface area contributed by atoms with Crippen LogP contribution in [0.2, 0.25) is 0 Å². The van der Waals surface area contributed by atoms with E-state index in [9.17, 15) is 0 Å². The van der Waals surface area contributed by atoms with Gasteiger partial charge >= 0.3 is 0 Å². The Balaban J connectivity index is 0.000000158. The van der Waals surface area contributed by atoms with Crippen molar-refractivity contribution in [2.75, 3.05) is 23.9 Å². The molecule has 10 rings (SSSR count). The van der Waals surface area contributed by atoms with Gasteiger partial charge in [0, 0.05) is 69.8 Å². The van der Waals surface area contributed by atoms with E-state index in [4.69, 9.17) is 0 Å². The largest absolute Gasteiger partial charge is 0.345 e. The van der Waals surface area contributed by atoms with Gasteiger partial charge in [-0.1, -0.05) is 120 Å². The zero-order chi connectivity index (χ0) is 43.0. The highest BCUT2D eigenvalue weighted by Gasteiger charge is 2.20. The predicted octanol–water partition coefficient (Wildman–Crippen LogP) is 15.9. The van der Waals surface area contributed by atoms with E-state index in [-0.39, 0.29) is 5.41 Å². The normalized spacial score (nSPS) is 12.1. The van der Waals surface area contributed by atoms with Crippen molar-refractivity contribution < 1.29 is 0 Å². The van der Waals surface area contributed by atoms with E-state index in [2.05, 4.69) is 262 Å². The average molecular weight is 809 g/mol. The van der Waals surface area contributed by atoms with Crippen molar-refractivity contribution in [3.05, 3.63) is 205 Å². The van der Waals surface area contributed by atoms with E-state index in [1.807, 2.05) is 0 Å². The third-order valence-corrected chi connectivity index (χ3v) is 12.7. The Morgan fingerprint density at radius 1 is 0.419 bits per heavy atom. The molecule has 10 aromatic rings. The number of anilines is 4. The number of hydrogen-bond donors (Lipinski definition) is 0. The molecule has 308 valence electrons. The summed E-state index contributed by atoms with van der Waals surface area (Å²) in [5, 5.41) is 5.20. The Morgan fingerprint density at radius 3 is 1.21 bits per heavy atom. The summed E-state index contributed by atoms with van der Waals surface area (Å²) < 4.78 is 4.76. The summed E-state index contributed by atoms with van der Waals surface area (Å²) in [6, 6.07) is 69.9. The average Bonchev–Trinajstić information content (AvgIpc) is 3.83. The van der Waals surface area contributed by atoms with Gasteiger partial charge in [0.05, 0.1) is 22.1 Å². The van der Waals surface area contributed by atoms with Crippen LogP contribution in [0.1, 0.15) is 58.1 Å². The molecule has 0 aliphatic heterocycles. The van der Waals surface area contributed by atoms with E-state index in [1.54, 1.807) is 0 Å². The summed E-state index contributed by atoms with van der Waals surface area (Å²) in [6.07, 6.45) is 1.14. The van der Waals surface area contributed by atoms with Gasteiger partial charge in [0.15, 0.2) is 0 Å². The number of rotatable bonds is 8. The summed E-state index contributed by atoms with van der Waals surface area (Å²) in [5.41, 5.74) is 15.0. The molecule has 0 saturated carbocycles. The summed E-state index contributed by atoms with van der Waals surface area (Å²) in [7, 11) is 4.27. The molecule has 0 radical (unpaired) electrons. The lowest BCUT2D eigenvalue weighted by Gasteiger charge is -2.20. The van der Waals surface area contributed by atoms with Gasteiger partial charge in [0.1, 0.15) is 0 Å². The SMILES string of the molecule is CCC(C)c1ccc2c(c1)c1cc(N(C)c3ccccc3)ccc1n2-c1ccccc1.CN(c1ccccc1)c1ccc2c(c1)c1cc(C(C)(C)C)ccc1n2-c1ccccc1. The highest BCUT2D eigenvalue weighted by Crippen LogP contribution is 2.39. The van der Waals surface area contributed by atoms with Gasteiger partial charge in [-0.05, 0) is 138 Å². The van der Waals surface area contributed by atoms with Crippen molar-refractivity contribution in [1.82, 2.24) is 9.13 Å². The number of para-hydroxylation sites is 4. The van der Waals surface area contributed by atoms with Crippen LogP contribution in [0.25, 0.3) is 55.0 Å². The fraction of sp³-hybridized carbons (Fsp3) is 0.172. The third-order valence-electron chi connectivity index (χ3n) is 12.7. The van der Waals surface area contributed by atoms with Gasteiger partial charge in [-0.3, -0.25) is 0 Å². The van der Waals surface area contributed by atoms with Crippen molar-refractivity contribution in [3.63, 3.8) is 0 Å². The minimum absolute atomic E-state index is 0.105. The number of aromatic nitrogens is 2. The molecule has 0 bridgehead atoms. The monoisotopic (exact) mass is 808 g/mol. The van der Waals surface area contributed by atoms with Crippen LogP contribution in [0.3, 0.4) is 0 Å². The van der Waals surface area contributed by atoms with Gasteiger partial charge in [-0.2, -0.15) is 0 Å². The molecule has 0 fully saturated rings. The number of nitrogens with zero attached hydrogens (tertiary/aromatic N) is 4. The molecule has 0 amide bonds. The lowest BCUT2D eigenvalue weighted by molar-refractivity contribution is 0.591. The Kier molecular flexibility index (Phi) is 10.9. The van der Waals surface area contributed by atoms with E-state index < -0.39 is 0 Å². The molecule has 0 saturated heterocycles. The fourth-order valence-electron chi connectivity index (χ4n) is 8.78. The molecule has 1 unspecified atom stereocenters. The predicted molar refractivity (Wildman–Crippen MR) is 268 cm³/mol. The van der Waals surface area contributed by atoms with Crippen molar-refractivity contribution in [1.29, 1.82) is 0 Å². The maximum absolute atomic E-state index is 2.40. The summed E-state index contributed by atoms with van der Waals surface area (Å²) >= 11 is 0. The summed E-state index contributed by atoms with van der Waals surface area (Å²) in [5.74, 6) is 0.551. The van der Waals surface area contributed by atoms with Crippen LogP contribution >= 0.6 is 0 Å². The topological polar surface area (TPSA) is 16.3 Å². The Morgan fingerprint density at radius 2 is 0.790 bits per heavy atom. The van der Waals surface area contributed by atoms with E-state index in [0.717, 1.165) is 6.42 Å². The van der Waals surface area contributed by atoms with Gasteiger partial charge in [0.25, 0.3) is 0 Å². The molecular weight excluding hydrogens is 753 g/mol. The Bertz CT molecular complexity index is 3120. The first kappa shape index (κ1) is 40.4. The lowest BCUT2D eigenvalue weighted by atomic mass is 9.86. The van der Waals surface area contributed by atoms with Crippen LogP contribution in [0.15, 0.2) is 194 Å². The second-order valence-electron chi connectivity index (χ2n) is 17.6. The van der Waals surface area contributed by atoms with Gasteiger partial charge in [-0.15, -0.1) is 0 Å². The van der Waals surface area contributed by atoms with Crippen molar-refractivity contribution in [2.24, 2.45) is 0 Å². The second kappa shape index (κ2) is 16.8. The zero-order valence-corrected chi connectivity index (χ0v) is 37.0. The second-order valence-corrected chi connectivity index (χ2v) is 17.6. The first-order chi connectivity index (χ1) is 30.1. The molecule has 4 heteroatoms. The highest BCUT2D eigenvalue weighted by atomic mass is 15.1. The molecule has 4 nitrogen and oxygen atoms in total. The Labute approximate surface area is 366 Å². The first-order valence-electron chi connectivity index (χ1n) is 22.0. The number of hydrogen-bond acceptors (Lipinski definition) is 2. The van der Waals surface area contributed by atoms with E-state index >= 15 is 0 Å². The fourth-order valence-corrected chi connectivity index (χ4v) is 8.78. The smallest absolute Gasteiger partial charge is 0.0542 e. The lowest BCUT2D eigenvalue weighted by Crippen LogP contribution is -2.10. The van der Waals surface area contributed by atoms with Gasteiger partial charge < -0.3 is 18.9 Å². The molecule has 2 heterocycles. The van der Waals surface area contributed by atoms with Crippen LogP contribution < -0.4 is 9.80 Å². The minimum Gasteiger partial charge on any atom is -0.345 e. The first-order valence-corrected chi connectivity index (χ1v) is 22.0. The summed E-state index contributed by atoms with van der Waals surface area (Å²) in [4.78, 5) is 4.50. The van der Waals surface area contributed by atoms with Crippen LogP contribution in [0.5, 0.6) is 0 Å². The number of benzene rings is 8. The molecular formula is C58H56N4. The number of fused-ring (bicyclic) bond motifs is 6. The van der Waals surface area contributed by atoms with Crippen LogP contribution in [-0.4, -0.2) is 23.2 Å². The molecule has 1 atom stereocenters. The van der Waals surface area contributed by atoms with Gasteiger partial charge in [-0.25, -0.2) is 0 Å². The van der Waals surface area contributed by atoms with Crippen molar-refractivity contribution >= 4 is 66.4 Å². The molecule has 0 aliphatic carbocycles. The Hall–Kier alpha value is -7.04. The minimum atomic E-state index is 0.105. The highest BCUT2D eigenvalue weighted by molar-refractivity contribution is 6.12. The third kappa shape index (κ3) is 7.62. The zero-order valence-electron chi connectivity index (χ0n) is 37.0. The van der Waals surface area contributed by atoms with Gasteiger partial charge in [0.2, 0.25) is 0 Å². The maximum Gasteiger partial charge on any atom is 0.0542 e. The molecule has 0 N–H and O–H groups in total. The van der Waals surface area contributed by atoms with E-state index in [1.165, 1.54) is 88.9 Å². The van der Waals surface area contributed by atoms with Crippen molar-refractivity contribution in [3.8, 4) is 11.4 Å². The summed E-state index contributed by atoms with van der Waals surface area (Å²) in [6.45, 7) is 11.4. The quantitative estimate of drug-likeness (QED) is 0.152. The van der Waals surface area contributed by atoms with Crippen LogP contribution in [-0.2, 0) is 5.41 Å². The van der Waals surface area contributed by atoms with Crippen LogP contribution in [0.4, 0.5) is 22.7 Å². The van der Waals surface area contributed by atoms with E-state index in [0.29, 0.717) is 5.92 Å². The molecule has 0 aliphatic rings. The standard InChI is InChI=1S/2C29H28N2/c1-29(2,3)21-15-17-27-25(19-21)26-20-24(30(4)22-11-7-5-8-12-22)16-18-28(26)31(27)23-13-9-6-10-14-23;1-4-21(2)22-15-17-28-26(19-22)27-20-25(30(3)23-11-7-5-8-12-23)16-18-29(27)31(28)24-13-9-6-10-14-24/h5-20H,1-4H3;5-21H,4H2,1-3H3. The molecule has 62 heavy (non-hydrogen) atoms.